The lowest BCUT2D eigenvalue weighted by Crippen LogP contribution is -2.45. The third-order valence-corrected chi connectivity index (χ3v) is 6.53. The van der Waals surface area contributed by atoms with Crippen molar-refractivity contribution < 1.29 is 14.3 Å². The van der Waals surface area contributed by atoms with Gasteiger partial charge in [-0.15, -0.1) is 0 Å². The lowest BCUT2D eigenvalue weighted by Gasteiger charge is -2.43. The molecule has 1 saturated heterocycles. The van der Waals surface area contributed by atoms with Crippen molar-refractivity contribution in [2.45, 2.75) is 44.8 Å². The summed E-state index contributed by atoms with van der Waals surface area (Å²) in [5.41, 5.74) is 1.79. The number of hydrogen-bond acceptors (Lipinski definition) is 7. The number of rotatable bonds is 4. The third-order valence-electron chi connectivity index (χ3n) is 6.53. The highest BCUT2D eigenvalue weighted by atomic mass is 16.6. The molecule has 1 aromatic carbocycles. The number of aromatic nitrogens is 4. The molecule has 3 aromatic rings. The molecule has 9 nitrogen and oxygen atoms in total. The topological polar surface area (TPSA) is 106 Å². The average Bonchev–Trinajstić information content (AvgIpc) is 3.33. The predicted octanol–water partition coefficient (Wildman–Crippen LogP) is 3.68. The molecule has 9 heteroatoms. The van der Waals surface area contributed by atoms with E-state index in [0.717, 1.165) is 43.3 Å². The van der Waals surface area contributed by atoms with Gasteiger partial charge < -0.3 is 14.0 Å². The Morgan fingerprint density at radius 2 is 2.12 bits per heavy atom. The van der Waals surface area contributed by atoms with Crippen molar-refractivity contribution in [3.05, 3.63) is 42.5 Å². The minimum absolute atomic E-state index is 0.0869. The zero-order valence-electron chi connectivity index (χ0n) is 18.1. The maximum absolute atomic E-state index is 12.7. The molecule has 2 aliphatic rings. The maximum atomic E-state index is 12.7. The van der Waals surface area contributed by atoms with Crippen molar-refractivity contribution in [1.29, 1.82) is 5.26 Å². The highest BCUT2D eigenvalue weighted by Gasteiger charge is 2.52. The molecule has 2 fully saturated rings. The van der Waals surface area contributed by atoms with Crippen LogP contribution in [0.15, 0.2) is 36.9 Å². The number of nitrogens with zero attached hydrogens (tertiary/aromatic N) is 6. The molecule has 1 amide bonds. The number of methoxy groups -OCH3 is 1. The van der Waals surface area contributed by atoms with Crippen LogP contribution in [0.5, 0.6) is 5.88 Å². The fraction of sp³-hybridized carbons (Fsp3) is 0.435. The van der Waals surface area contributed by atoms with E-state index in [4.69, 9.17) is 9.47 Å². The number of carbonyl (C=O) groups excluding carboxylic acids is 1. The van der Waals surface area contributed by atoms with E-state index in [2.05, 4.69) is 32.5 Å². The molecule has 2 atom stereocenters. The van der Waals surface area contributed by atoms with Crippen LogP contribution in [0.3, 0.4) is 0 Å². The highest BCUT2D eigenvalue weighted by molar-refractivity contribution is 5.89. The van der Waals surface area contributed by atoms with Gasteiger partial charge in [-0.25, -0.2) is 19.7 Å². The van der Waals surface area contributed by atoms with Crippen LogP contribution in [0.1, 0.15) is 38.2 Å². The number of nitriles is 1. The number of carbonyl (C=O) groups is 1. The Bertz CT molecular complexity index is 1220. The van der Waals surface area contributed by atoms with E-state index in [-0.39, 0.29) is 11.5 Å². The molecule has 0 radical (unpaired) electrons. The van der Waals surface area contributed by atoms with Gasteiger partial charge in [0.05, 0.1) is 55.0 Å². The molecule has 1 unspecified atom stereocenters. The average molecular weight is 432 g/mol. The third kappa shape index (κ3) is 3.51. The Kier molecular flexibility index (Phi) is 4.73. The van der Waals surface area contributed by atoms with Gasteiger partial charge in [-0.1, -0.05) is 6.92 Å². The van der Waals surface area contributed by atoms with Crippen molar-refractivity contribution in [3.8, 4) is 11.9 Å². The molecule has 1 spiro atoms. The van der Waals surface area contributed by atoms with E-state index in [9.17, 15) is 10.1 Å². The Morgan fingerprint density at radius 1 is 1.25 bits per heavy atom. The van der Waals surface area contributed by atoms with E-state index < -0.39 is 5.60 Å². The number of amides is 1. The number of anilines is 1. The number of hydrogen-bond donors (Lipinski definition) is 0. The lowest BCUT2D eigenvalue weighted by atomic mass is 9.68. The molecule has 32 heavy (non-hydrogen) atoms. The van der Waals surface area contributed by atoms with Crippen molar-refractivity contribution >= 4 is 22.9 Å². The zero-order chi connectivity index (χ0) is 22.3. The molecule has 0 N–H and O–H groups in total. The highest BCUT2D eigenvalue weighted by Crippen LogP contribution is 2.47. The Labute approximate surface area is 185 Å². The molecule has 1 aliphatic carbocycles. The smallest absolute Gasteiger partial charge is 0.416 e. The Morgan fingerprint density at radius 3 is 2.88 bits per heavy atom. The van der Waals surface area contributed by atoms with Gasteiger partial charge >= 0.3 is 6.09 Å². The van der Waals surface area contributed by atoms with Crippen molar-refractivity contribution in [3.63, 3.8) is 0 Å². The normalized spacial score (nSPS) is 25.2. The van der Waals surface area contributed by atoms with Gasteiger partial charge in [0, 0.05) is 6.54 Å². The number of ether oxygens (including phenoxy) is 2. The molecular weight excluding hydrogens is 408 g/mol. The van der Waals surface area contributed by atoms with Gasteiger partial charge in [0.2, 0.25) is 5.88 Å². The van der Waals surface area contributed by atoms with Crippen molar-refractivity contribution in [2.75, 3.05) is 18.6 Å². The fourth-order valence-corrected chi connectivity index (χ4v) is 5.17. The first-order valence-electron chi connectivity index (χ1n) is 10.6. The van der Waals surface area contributed by atoms with Crippen LogP contribution in [0.4, 0.5) is 10.6 Å². The standard InChI is InChI=1S/C23H24N6O3/c1-22(13-28-15-27-17-5-4-16(9-24)8-18(17)28)6-3-7-23(12-22)14-29(21(30)32-23)19-10-26-20(31-2)11-25-19/h4-5,8,10-11,15H,3,6-7,12-14H2,1-2H3/t22?,23-/m0/s1. The van der Waals surface area contributed by atoms with E-state index in [0.29, 0.717) is 23.8 Å². The Hall–Kier alpha value is -3.67. The van der Waals surface area contributed by atoms with Gasteiger partial charge in [0.1, 0.15) is 5.60 Å². The SMILES string of the molecule is COc1cnc(N2C[C@@]3(CCCC(C)(Cn4cnc5ccc(C#N)cc54)C3)OC2=O)cn1. The molecular formula is C23H24N6O3. The summed E-state index contributed by atoms with van der Waals surface area (Å²) in [7, 11) is 1.52. The summed E-state index contributed by atoms with van der Waals surface area (Å²) in [6, 6.07) is 7.74. The van der Waals surface area contributed by atoms with Crippen LogP contribution in [-0.2, 0) is 11.3 Å². The number of imidazole rings is 1. The van der Waals surface area contributed by atoms with Crippen LogP contribution in [0.25, 0.3) is 11.0 Å². The fourth-order valence-electron chi connectivity index (χ4n) is 5.17. The molecule has 3 heterocycles. The monoisotopic (exact) mass is 432 g/mol. The second-order valence-corrected chi connectivity index (χ2v) is 9.08. The van der Waals surface area contributed by atoms with E-state index in [1.54, 1.807) is 11.0 Å². The molecule has 1 aliphatic heterocycles. The quantitative estimate of drug-likeness (QED) is 0.619. The van der Waals surface area contributed by atoms with E-state index in [1.807, 2.05) is 18.5 Å². The van der Waals surface area contributed by atoms with Crippen LogP contribution >= 0.6 is 0 Å². The first-order valence-corrected chi connectivity index (χ1v) is 10.6. The summed E-state index contributed by atoms with van der Waals surface area (Å²) < 4.78 is 13.1. The Balaban J connectivity index is 1.38. The molecule has 0 bridgehead atoms. The minimum atomic E-state index is -0.556. The first kappa shape index (κ1) is 20.2. The summed E-state index contributed by atoms with van der Waals surface area (Å²) in [6.45, 7) is 3.42. The van der Waals surface area contributed by atoms with Crippen molar-refractivity contribution in [1.82, 2.24) is 19.5 Å². The van der Waals surface area contributed by atoms with Crippen LogP contribution in [0, 0.1) is 16.7 Å². The van der Waals surface area contributed by atoms with Crippen LogP contribution in [0.2, 0.25) is 0 Å². The van der Waals surface area contributed by atoms with Crippen molar-refractivity contribution in [2.24, 2.45) is 5.41 Å². The first-order chi connectivity index (χ1) is 15.4. The maximum Gasteiger partial charge on any atom is 0.416 e. The van der Waals surface area contributed by atoms with E-state index in [1.165, 1.54) is 19.5 Å². The van der Waals surface area contributed by atoms with Crippen LogP contribution < -0.4 is 9.64 Å². The zero-order valence-corrected chi connectivity index (χ0v) is 18.1. The van der Waals surface area contributed by atoms with Gasteiger partial charge in [0.15, 0.2) is 5.82 Å². The second-order valence-electron chi connectivity index (χ2n) is 9.08. The summed E-state index contributed by atoms with van der Waals surface area (Å²) in [5, 5.41) is 9.26. The molecule has 164 valence electrons. The number of benzene rings is 1. The number of fused-ring (bicyclic) bond motifs is 1. The molecule has 5 rings (SSSR count). The van der Waals surface area contributed by atoms with E-state index >= 15 is 0 Å². The largest absolute Gasteiger partial charge is 0.480 e. The van der Waals surface area contributed by atoms with Gasteiger partial charge in [-0.05, 0) is 49.3 Å². The lowest BCUT2D eigenvalue weighted by molar-refractivity contribution is -0.0264. The summed E-state index contributed by atoms with van der Waals surface area (Å²) in [6.07, 6.45) is 8.01. The van der Waals surface area contributed by atoms with Gasteiger partial charge in [0.25, 0.3) is 0 Å². The summed E-state index contributed by atoms with van der Waals surface area (Å²) >= 11 is 0. The predicted molar refractivity (Wildman–Crippen MR) is 116 cm³/mol. The van der Waals surface area contributed by atoms with Crippen LogP contribution in [-0.4, -0.2) is 44.9 Å². The van der Waals surface area contributed by atoms with Gasteiger partial charge in [-0.3, -0.25) is 4.90 Å². The molecule has 1 saturated carbocycles. The molecule has 2 aromatic heterocycles. The summed E-state index contributed by atoms with van der Waals surface area (Å²) in [5.74, 6) is 0.859. The summed E-state index contributed by atoms with van der Waals surface area (Å²) in [4.78, 5) is 27.3. The second kappa shape index (κ2) is 7.48. The minimum Gasteiger partial charge on any atom is -0.480 e. The van der Waals surface area contributed by atoms with Gasteiger partial charge in [-0.2, -0.15) is 5.26 Å².